The molecule has 0 aliphatic rings. The summed E-state index contributed by atoms with van der Waals surface area (Å²) in [6, 6.07) is 0. The topological polar surface area (TPSA) is 88.1 Å². The van der Waals surface area contributed by atoms with Gasteiger partial charge in [-0.1, -0.05) is 110 Å². The van der Waals surface area contributed by atoms with Crippen molar-refractivity contribution in [2.24, 2.45) is 0 Å². The van der Waals surface area contributed by atoms with Crippen molar-refractivity contribution in [3.63, 3.8) is 0 Å². The van der Waals surface area contributed by atoms with Crippen molar-refractivity contribution in [1.29, 1.82) is 0 Å². The third-order valence-corrected chi connectivity index (χ3v) is 6.49. The molecule has 7 nitrogen and oxygen atoms in total. The Labute approximate surface area is 221 Å². The molecule has 0 spiro atoms. The molecule has 214 valence electrons. The molecule has 0 rings (SSSR count). The lowest BCUT2D eigenvalue weighted by Gasteiger charge is -2.09. The molecule has 0 atom stereocenters. The van der Waals surface area contributed by atoms with Crippen molar-refractivity contribution in [2.75, 3.05) is 39.3 Å². The summed E-state index contributed by atoms with van der Waals surface area (Å²) >= 11 is 0. The Morgan fingerprint density at radius 2 is 1.06 bits per heavy atom. The van der Waals surface area contributed by atoms with Crippen molar-refractivity contribution in [3.05, 3.63) is 12.2 Å². The van der Waals surface area contributed by atoms with Crippen LogP contribution in [0.2, 0.25) is 0 Å². The summed E-state index contributed by atoms with van der Waals surface area (Å²) in [4.78, 5) is 11.7. The van der Waals surface area contributed by atoms with Crippen LogP contribution < -0.4 is 0 Å². The first-order valence-corrected chi connectivity index (χ1v) is 16.0. The first-order chi connectivity index (χ1) is 17.3. The van der Waals surface area contributed by atoms with Gasteiger partial charge in [-0.2, -0.15) is 8.42 Å². The minimum atomic E-state index is -3.34. The second-order valence-electron chi connectivity index (χ2n) is 9.73. The highest BCUT2D eigenvalue weighted by Gasteiger charge is 2.05. The van der Waals surface area contributed by atoms with Gasteiger partial charge in [-0.3, -0.25) is 4.18 Å². The van der Waals surface area contributed by atoms with Gasteiger partial charge in [-0.15, -0.1) is 0 Å². The zero-order chi connectivity index (χ0) is 26.7. The summed E-state index contributed by atoms with van der Waals surface area (Å²) in [5, 5.41) is 0. The molecule has 0 radical (unpaired) electrons. The second-order valence-corrected chi connectivity index (χ2v) is 11.4. The molecule has 0 aliphatic carbocycles. The molecule has 0 N–H and O–H groups in total. The van der Waals surface area contributed by atoms with Crippen LogP contribution in [-0.2, 0) is 28.5 Å². The lowest BCUT2D eigenvalue weighted by Crippen LogP contribution is -2.12. The number of hydrogen-bond donors (Lipinski definition) is 0. The molecular formula is C28H54O7S. The summed E-state index contributed by atoms with van der Waals surface area (Å²) in [7, 11) is -3.34. The highest BCUT2D eigenvalue weighted by molar-refractivity contribution is 7.85. The molecule has 0 aromatic rings. The Morgan fingerprint density at radius 3 is 1.56 bits per heavy atom. The van der Waals surface area contributed by atoms with Gasteiger partial charge < -0.3 is 14.2 Å². The lowest BCUT2D eigenvalue weighted by molar-refractivity contribution is 0.0563. The lowest BCUT2D eigenvalue weighted by atomic mass is 10.0. The SMILES string of the molecule is C=C(COCCCCCCOS(C)(=O)=O)COC(=O)OCCCCCCCCCCCCCCCC. The predicted octanol–water partition coefficient (Wildman–Crippen LogP) is 7.73. The van der Waals surface area contributed by atoms with E-state index in [1.165, 1.54) is 77.0 Å². The smallest absolute Gasteiger partial charge is 0.434 e. The van der Waals surface area contributed by atoms with Gasteiger partial charge in [-0.25, -0.2) is 4.79 Å². The van der Waals surface area contributed by atoms with Gasteiger partial charge >= 0.3 is 6.16 Å². The molecule has 0 fully saturated rings. The third-order valence-electron chi connectivity index (χ3n) is 5.90. The van der Waals surface area contributed by atoms with Gasteiger partial charge in [0.1, 0.15) is 6.61 Å². The summed E-state index contributed by atoms with van der Waals surface area (Å²) in [5.41, 5.74) is 0.685. The van der Waals surface area contributed by atoms with E-state index in [2.05, 4.69) is 17.7 Å². The number of carbonyl (C=O) groups excluding carboxylic acids is 1. The third kappa shape index (κ3) is 29.1. The van der Waals surface area contributed by atoms with E-state index in [9.17, 15) is 13.2 Å². The molecule has 0 heterocycles. The molecular weight excluding hydrogens is 480 g/mol. The minimum Gasteiger partial charge on any atom is -0.434 e. The van der Waals surface area contributed by atoms with Crippen LogP contribution in [0.15, 0.2) is 12.2 Å². The number of carbonyl (C=O) groups is 1. The zero-order valence-corrected chi connectivity index (χ0v) is 24.1. The largest absolute Gasteiger partial charge is 0.508 e. The molecule has 0 unspecified atom stereocenters. The molecule has 0 amide bonds. The molecule has 0 aliphatic heterocycles. The number of rotatable bonds is 27. The first kappa shape index (κ1) is 34.9. The van der Waals surface area contributed by atoms with Crippen molar-refractivity contribution >= 4 is 16.3 Å². The molecule has 8 heteroatoms. The fourth-order valence-corrected chi connectivity index (χ4v) is 4.20. The van der Waals surface area contributed by atoms with Gasteiger partial charge in [0.2, 0.25) is 0 Å². The molecule has 0 aromatic heterocycles. The van der Waals surface area contributed by atoms with E-state index in [0.717, 1.165) is 38.4 Å². The second kappa shape index (κ2) is 25.5. The van der Waals surface area contributed by atoms with Crippen molar-refractivity contribution in [3.8, 4) is 0 Å². The minimum absolute atomic E-state index is 0.0976. The molecule has 0 aromatic carbocycles. The van der Waals surface area contributed by atoms with Crippen LogP contribution in [0.1, 0.15) is 122 Å². The molecule has 0 saturated carbocycles. The highest BCUT2D eigenvalue weighted by Crippen LogP contribution is 2.13. The Bertz CT molecular complexity index is 619. The van der Waals surface area contributed by atoms with Gasteiger partial charge in [0.25, 0.3) is 10.1 Å². The average Bonchev–Trinajstić information content (AvgIpc) is 2.83. The molecule has 0 bridgehead atoms. The highest BCUT2D eigenvalue weighted by atomic mass is 32.2. The quantitative estimate of drug-likeness (QED) is 0.0461. The Balaban J connectivity index is 3.33. The summed E-state index contributed by atoms with van der Waals surface area (Å²) in [6.45, 7) is 7.75. The van der Waals surface area contributed by atoms with E-state index in [1.54, 1.807) is 0 Å². The van der Waals surface area contributed by atoms with Crippen molar-refractivity contribution in [1.82, 2.24) is 0 Å². The summed E-state index contributed by atoms with van der Waals surface area (Å²) in [5.74, 6) is 0. The van der Waals surface area contributed by atoms with E-state index >= 15 is 0 Å². The normalized spacial score (nSPS) is 11.5. The number of ether oxygens (including phenoxy) is 3. The van der Waals surface area contributed by atoms with Crippen molar-refractivity contribution < 1.29 is 31.6 Å². The maximum absolute atomic E-state index is 11.7. The molecule has 0 saturated heterocycles. The van der Waals surface area contributed by atoms with E-state index in [1.807, 2.05) is 0 Å². The van der Waals surface area contributed by atoms with Crippen LogP contribution in [0.5, 0.6) is 0 Å². The molecule has 36 heavy (non-hydrogen) atoms. The van der Waals surface area contributed by atoms with Crippen LogP contribution in [0.3, 0.4) is 0 Å². The summed E-state index contributed by atoms with van der Waals surface area (Å²) < 4.78 is 42.1. The van der Waals surface area contributed by atoms with E-state index < -0.39 is 16.3 Å². The van der Waals surface area contributed by atoms with Crippen LogP contribution >= 0.6 is 0 Å². The zero-order valence-electron chi connectivity index (χ0n) is 23.2. The maximum atomic E-state index is 11.7. The predicted molar refractivity (Wildman–Crippen MR) is 147 cm³/mol. The number of unbranched alkanes of at least 4 members (excludes halogenated alkanes) is 16. The first-order valence-electron chi connectivity index (χ1n) is 14.2. The van der Waals surface area contributed by atoms with E-state index in [4.69, 9.17) is 14.2 Å². The average molecular weight is 535 g/mol. The summed E-state index contributed by atoms with van der Waals surface area (Å²) in [6.07, 6.45) is 21.9. The maximum Gasteiger partial charge on any atom is 0.508 e. The number of hydrogen-bond acceptors (Lipinski definition) is 7. The van der Waals surface area contributed by atoms with Crippen LogP contribution in [0.4, 0.5) is 4.79 Å². The van der Waals surface area contributed by atoms with Crippen LogP contribution in [0.25, 0.3) is 0 Å². The Hall–Kier alpha value is -1.12. The Kier molecular flexibility index (Phi) is 24.7. The fraction of sp³-hybridized carbons (Fsp3) is 0.893. The van der Waals surface area contributed by atoms with Gasteiger partial charge in [-0.05, 0) is 24.8 Å². The van der Waals surface area contributed by atoms with Crippen molar-refractivity contribution in [2.45, 2.75) is 122 Å². The van der Waals surface area contributed by atoms with Gasteiger partial charge in [0.05, 0.1) is 26.1 Å². The van der Waals surface area contributed by atoms with Gasteiger partial charge in [0, 0.05) is 6.61 Å². The van der Waals surface area contributed by atoms with E-state index in [0.29, 0.717) is 31.8 Å². The fourth-order valence-electron chi connectivity index (χ4n) is 3.78. The van der Waals surface area contributed by atoms with Crippen LogP contribution in [-0.4, -0.2) is 53.9 Å². The van der Waals surface area contributed by atoms with Gasteiger partial charge in [0.15, 0.2) is 0 Å². The van der Waals surface area contributed by atoms with Crippen LogP contribution in [0, 0.1) is 0 Å². The standard InChI is InChI=1S/C28H54O7S/c1-4-5-6-7-8-9-10-11-12-13-14-15-16-20-23-33-28(29)34-26-27(2)25-32-22-19-17-18-21-24-35-36(3,30)31/h2,4-26H2,1,3H3. The van der Waals surface area contributed by atoms with E-state index in [-0.39, 0.29) is 13.2 Å². The monoisotopic (exact) mass is 534 g/mol. The Morgan fingerprint density at radius 1 is 0.611 bits per heavy atom.